The minimum absolute atomic E-state index is 0.195. The number of nitrogens with one attached hydrogen (secondary N) is 1. The van der Waals surface area contributed by atoms with Crippen molar-refractivity contribution in [3.63, 3.8) is 0 Å². The molecule has 3 heteroatoms. The summed E-state index contributed by atoms with van der Waals surface area (Å²) >= 11 is 0. The predicted molar refractivity (Wildman–Crippen MR) is 62.7 cm³/mol. The van der Waals surface area contributed by atoms with Gasteiger partial charge in [-0.15, -0.1) is 0 Å². The first-order chi connectivity index (χ1) is 7.19. The predicted octanol–water partition coefficient (Wildman–Crippen LogP) is 1.63. The number of rotatable bonds is 4. The van der Waals surface area contributed by atoms with Crippen molar-refractivity contribution in [1.29, 1.82) is 0 Å². The first kappa shape index (κ1) is 12.5. The van der Waals surface area contributed by atoms with Crippen LogP contribution in [0.4, 0.5) is 0 Å². The molecule has 0 aromatic carbocycles. The van der Waals surface area contributed by atoms with Crippen LogP contribution < -0.4 is 5.32 Å². The van der Waals surface area contributed by atoms with Crippen molar-refractivity contribution in [2.24, 2.45) is 5.92 Å². The van der Waals surface area contributed by atoms with Gasteiger partial charge in [0.05, 0.1) is 0 Å². The summed E-state index contributed by atoms with van der Waals surface area (Å²) in [5.74, 6) is 0.535. The molecule has 3 nitrogen and oxygen atoms in total. The van der Waals surface area contributed by atoms with E-state index in [2.05, 4.69) is 19.2 Å². The van der Waals surface area contributed by atoms with Crippen LogP contribution in [0.25, 0.3) is 0 Å². The summed E-state index contributed by atoms with van der Waals surface area (Å²) in [6, 6.07) is 0.621. The van der Waals surface area contributed by atoms with Crippen LogP contribution in [0.2, 0.25) is 0 Å². The highest BCUT2D eigenvalue weighted by atomic mass is 16.2. The highest BCUT2D eigenvalue weighted by Crippen LogP contribution is 2.14. The Kier molecular flexibility index (Phi) is 5.09. The molecule has 88 valence electrons. The molecule has 0 aliphatic carbocycles. The molecular formula is C12H24N2O. The highest BCUT2D eigenvalue weighted by molar-refractivity contribution is 5.78. The average Bonchev–Trinajstić information content (AvgIpc) is 2.28. The molecule has 0 saturated carbocycles. The van der Waals surface area contributed by atoms with E-state index in [0.29, 0.717) is 11.9 Å². The van der Waals surface area contributed by atoms with Gasteiger partial charge in [0.15, 0.2) is 0 Å². The first-order valence-electron chi connectivity index (χ1n) is 6.21. The number of carbonyl (C=O) groups excluding carboxylic acids is 1. The SMILES string of the molecule is CCNC1CCN(C(=O)C(C)CC)CC1. The normalized spacial score (nSPS) is 20.3. The molecule has 0 aromatic heterocycles. The standard InChI is InChI=1S/C12H24N2O/c1-4-10(3)12(15)14-8-6-11(7-9-14)13-5-2/h10-11,13H,4-9H2,1-3H3. The molecule has 15 heavy (non-hydrogen) atoms. The smallest absolute Gasteiger partial charge is 0.225 e. The number of carbonyl (C=O) groups is 1. The summed E-state index contributed by atoms with van der Waals surface area (Å²) in [6.07, 6.45) is 3.16. The van der Waals surface area contributed by atoms with Gasteiger partial charge in [-0.3, -0.25) is 4.79 Å². The quantitative estimate of drug-likeness (QED) is 0.768. The fourth-order valence-corrected chi connectivity index (χ4v) is 2.08. The number of amides is 1. The van der Waals surface area contributed by atoms with Crippen molar-refractivity contribution in [3.8, 4) is 0 Å². The van der Waals surface area contributed by atoms with E-state index < -0.39 is 0 Å². The molecule has 1 unspecified atom stereocenters. The third-order valence-corrected chi connectivity index (χ3v) is 3.33. The summed E-state index contributed by atoms with van der Waals surface area (Å²) in [5.41, 5.74) is 0. The number of piperidine rings is 1. The molecule has 1 saturated heterocycles. The van der Waals surface area contributed by atoms with E-state index in [1.165, 1.54) is 0 Å². The molecule has 0 spiro atoms. The van der Waals surface area contributed by atoms with Gasteiger partial charge in [-0.05, 0) is 25.8 Å². The van der Waals surface area contributed by atoms with Crippen LogP contribution in [-0.2, 0) is 4.79 Å². The molecule has 1 aliphatic rings. The maximum Gasteiger partial charge on any atom is 0.225 e. The van der Waals surface area contributed by atoms with Gasteiger partial charge in [-0.25, -0.2) is 0 Å². The van der Waals surface area contributed by atoms with Gasteiger partial charge in [-0.2, -0.15) is 0 Å². The zero-order chi connectivity index (χ0) is 11.3. The van der Waals surface area contributed by atoms with E-state index in [4.69, 9.17) is 0 Å². The van der Waals surface area contributed by atoms with Gasteiger partial charge in [0.1, 0.15) is 0 Å². The second-order valence-corrected chi connectivity index (χ2v) is 4.47. The van der Waals surface area contributed by atoms with Gasteiger partial charge >= 0.3 is 0 Å². The molecule has 1 atom stereocenters. The molecule has 1 rings (SSSR count). The third kappa shape index (κ3) is 3.49. The first-order valence-corrected chi connectivity index (χ1v) is 6.21. The van der Waals surface area contributed by atoms with Crippen LogP contribution in [0.5, 0.6) is 0 Å². The monoisotopic (exact) mass is 212 g/mol. The third-order valence-electron chi connectivity index (χ3n) is 3.33. The van der Waals surface area contributed by atoms with Gasteiger partial charge in [0.2, 0.25) is 5.91 Å². The number of hydrogen-bond donors (Lipinski definition) is 1. The molecule has 1 fully saturated rings. The molecule has 0 bridgehead atoms. The topological polar surface area (TPSA) is 32.3 Å². The molecule has 0 aromatic rings. The summed E-state index contributed by atoms with van der Waals surface area (Å²) < 4.78 is 0. The van der Waals surface area contributed by atoms with Crippen molar-refractivity contribution in [3.05, 3.63) is 0 Å². The Hall–Kier alpha value is -0.570. The number of nitrogens with zero attached hydrogens (tertiary/aromatic N) is 1. The Labute approximate surface area is 93.2 Å². The summed E-state index contributed by atoms with van der Waals surface area (Å²) in [4.78, 5) is 13.9. The average molecular weight is 212 g/mol. The van der Waals surface area contributed by atoms with E-state index >= 15 is 0 Å². The lowest BCUT2D eigenvalue weighted by Crippen LogP contribution is -2.46. The molecule has 1 N–H and O–H groups in total. The van der Waals surface area contributed by atoms with Crippen LogP contribution in [0, 0.1) is 5.92 Å². The largest absolute Gasteiger partial charge is 0.342 e. The minimum Gasteiger partial charge on any atom is -0.342 e. The van der Waals surface area contributed by atoms with Crippen LogP contribution in [0.1, 0.15) is 40.0 Å². The molecule has 1 amide bonds. The van der Waals surface area contributed by atoms with Crippen LogP contribution in [0.3, 0.4) is 0 Å². The second-order valence-electron chi connectivity index (χ2n) is 4.47. The van der Waals surface area contributed by atoms with Gasteiger partial charge in [0, 0.05) is 25.0 Å². The summed E-state index contributed by atoms with van der Waals surface area (Å²) in [5, 5.41) is 3.45. The zero-order valence-electron chi connectivity index (χ0n) is 10.3. The Balaban J connectivity index is 2.33. The second kappa shape index (κ2) is 6.11. The van der Waals surface area contributed by atoms with Crippen LogP contribution in [0.15, 0.2) is 0 Å². The summed E-state index contributed by atoms with van der Waals surface area (Å²) in [7, 11) is 0. The van der Waals surface area contributed by atoms with Crippen molar-refractivity contribution < 1.29 is 4.79 Å². The lowest BCUT2D eigenvalue weighted by Gasteiger charge is -2.33. The van der Waals surface area contributed by atoms with Crippen molar-refractivity contribution >= 4 is 5.91 Å². The number of hydrogen-bond acceptors (Lipinski definition) is 2. The van der Waals surface area contributed by atoms with E-state index in [1.54, 1.807) is 0 Å². The maximum absolute atomic E-state index is 11.9. The van der Waals surface area contributed by atoms with Crippen LogP contribution >= 0.6 is 0 Å². The van der Waals surface area contributed by atoms with E-state index in [1.807, 2.05) is 11.8 Å². The maximum atomic E-state index is 11.9. The van der Waals surface area contributed by atoms with E-state index in [-0.39, 0.29) is 5.92 Å². The van der Waals surface area contributed by atoms with Gasteiger partial charge < -0.3 is 10.2 Å². The Bertz CT molecular complexity index is 198. The fraction of sp³-hybridized carbons (Fsp3) is 0.917. The van der Waals surface area contributed by atoms with Gasteiger partial charge in [-0.1, -0.05) is 20.8 Å². The molecule has 1 aliphatic heterocycles. The minimum atomic E-state index is 0.195. The van der Waals surface area contributed by atoms with E-state index in [9.17, 15) is 4.79 Å². The Morgan fingerprint density at radius 2 is 2.00 bits per heavy atom. The number of likely N-dealkylation sites (tertiary alicyclic amines) is 1. The summed E-state index contributed by atoms with van der Waals surface area (Å²) in [6.45, 7) is 9.13. The fourth-order valence-electron chi connectivity index (χ4n) is 2.08. The van der Waals surface area contributed by atoms with Crippen molar-refractivity contribution in [1.82, 2.24) is 10.2 Å². The van der Waals surface area contributed by atoms with Gasteiger partial charge in [0.25, 0.3) is 0 Å². The Morgan fingerprint density at radius 3 is 2.47 bits per heavy atom. The Morgan fingerprint density at radius 1 is 1.40 bits per heavy atom. The van der Waals surface area contributed by atoms with Crippen LogP contribution in [-0.4, -0.2) is 36.5 Å². The van der Waals surface area contributed by atoms with Crippen molar-refractivity contribution in [2.45, 2.75) is 46.1 Å². The molecule has 0 radical (unpaired) electrons. The lowest BCUT2D eigenvalue weighted by atomic mass is 10.0. The highest BCUT2D eigenvalue weighted by Gasteiger charge is 2.24. The zero-order valence-corrected chi connectivity index (χ0v) is 10.3. The molecule has 1 heterocycles. The lowest BCUT2D eigenvalue weighted by molar-refractivity contribution is -0.136. The molecular weight excluding hydrogens is 188 g/mol. The van der Waals surface area contributed by atoms with Crippen molar-refractivity contribution in [2.75, 3.05) is 19.6 Å². The van der Waals surface area contributed by atoms with E-state index in [0.717, 1.165) is 38.9 Å².